The molecule has 0 aromatic heterocycles. The van der Waals surface area contributed by atoms with Gasteiger partial charge in [0.05, 0.1) is 0 Å². The van der Waals surface area contributed by atoms with Gasteiger partial charge in [-0.1, -0.05) is 0 Å². The summed E-state index contributed by atoms with van der Waals surface area (Å²) in [5, 5.41) is 0. The quantitative estimate of drug-likeness (QED) is 0.503. The zero-order chi connectivity index (χ0) is 6.08. The van der Waals surface area contributed by atoms with Crippen LogP contribution in [-0.4, -0.2) is 5.52 Å². The van der Waals surface area contributed by atoms with Crippen LogP contribution in [0.4, 0.5) is 8.39 Å². The number of hydrogen-bond acceptors (Lipinski definition) is 2. The van der Waals surface area contributed by atoms with Gasteiger partial charge in [0.25, 0.3) is 0 Å². The molecule has 0 aromatic rings. The summed E-state index contributed by atoms with van der Waals surface area (Å²) >= 11 is 0. The van der Waals surface area contributed by atoms with E-state index in [0.717, 1.165) is 0 Å². The van der Waals surface area contributed by atoms with Crippen LogP contribution in [-0.2, 0) is 9.36 Å². The lowest BCUT2D eigenvalue weighted by molar-refractivity contribution is -0.110. The molecule has 0 amide bonds. The topological polar surface area (TPSA) is 34.1 Å². The molecule has 7 heavy (non-hydrogen) atoms. The van der Waals surface area contributed by atoms with Crippen molar-refractivity contribution in [2.75, 3.05) is 0 Å². The third-order valence-electron chi connectivity index (χ3n) is 0.367. The van der Waals surface area contributed by atoms with Gasteiger partial charge in [0.15, 0.2) is 0 Å². The van der Waals surface area contributed by atoms with E-state index in [1.165, 1.54) is 0 Å². The van der Waals surface area contributed by atoms with Crippen molar-refractivity contribution < 1.29 is 17.8 Å². The van der Waals surface area contributed by atoms with Gasteiger partial charge in [-0.25, -0.2) is 4.57 Å². The second-order valence-electron chi connectivity index (χ2n) is 0.981. The monoisotopic (exact) mass is 128 g/mol. The predicted octanol–water partition coefficient (Wildman–Crippen LogP) is 1.67. The molecular formula is C2H3F2O2P. The number of carbonyl (C=O) groups is 1. The lowest BCUT2D eigenvalue weighted by Crippen LogP contribution is -1.79. The second kappa shape index (κ2) is 1.70. The molecule has 0 N–H and O–H groups in total. The molecule has 0 fully saturated rings. The minimum Gasteiger partial charge on any atom is -0.285 e. The molecule has 0 saturated carbocycles. The Morgan fingerprint density at radius 2 is 1.71 bits per heavy atom. The zero-order valence-electron chi connectivity index (χ0n) is 3.52. The van der Waals surface area contributed by atoms with Crippen molar-refractivity contribution in [3.63, 3.8) is 0 Å². The van der Waals surface area contributed by atoms with E-state index >= 15 is 0 Å². The van der Waals surface area contributed by atoms with Crippen molar-refractivity contribution in [1.82, 2.24) is 0 Å². The van der Waals surface area contributed by atoms with Crippen LogP contribution in [0.1, 0.15) is 6.92 Å². The molecule has 0 spiro atoms. The number of carbonyl (C=O) groups excluding carboxylic acids is 1. The van der Waals surface area contributed by atoms with Crippen LogP contribution in [0, 0.1) is 0 Å². The Morgan fingerprint density at radius 3 is 1.71 bits per heavy atom. The maximum Gasteiger partial charge on any atom is 0.468 e. The fourth-order valence-corrected chi connectivity index (χ4v) is 0. The normalized spacial score (nSPS) is 11.3. The van der Waals surface area contributed by atoms with Crippen molar-refractivity contribution in [3.8, 4) is 0 Å². The van der Waals surface area contributed by atoms with Gasteiger partial charge in [0, 0.05) is 6.92 Å². The lowest BCUT2D eigenvalue weighted by atomic mass is 10.9. The molecule has 42 valence electrons. The molecular weight excluding hydrogens is 125 g/mol. The number of halogens is 2. The Morgan fingerprint density at radius 1 is 1.57 bits per heavy atom. The van der Waals surface area contributed by atoms with Crippen LogP contribution >= 0.6 is 7.76 Å². The molecule has 0 aliphatic heterocycles. The molecule has 0 unspecified atom stereocenters. The van der Waals surface area contributed by atoms with Crippen molar-refractivity contribution in [2.45, 2.75) is 6.92 Å². The van der Waals surface area contributed by atoms with E-state index in [9.17, 15) is 17.8 Å². The highest BCUT2D eigenvalue weighted by atomic mass is 31.2. The molecule has 0 radical (unpaired) electrons. The van der Waals surface area contributed by atoms with Crippen LogP contribution in [0.3, 0.4) is 0 Å². The first-order chi connectivity index (χ1) is 2.94. The van der Waals surface area contributed by atoms with Gasteiger partial charge < -0.3 is 0 Å². The highest BCUT2D eigenvalue weighted by molar-refractivity contribution is 7.70. The maximum absolute atomic E-state index is 11.1. The second-order valence-corrected chi connectivity index (χ2v) is 2.54. The summed E-state index contributed by atoms with van der Waals surface area (Å²) < 4.78 is 31.3. The van der Waals surface area contributed by atoms with Crippen molar-refractivity contribution in [2.24, 2.45) is 0 Å². The van der Waals surface area contributed by atoms with Gasteiger partial charge in [0.2, 0.25) is 5.52 Å². The molecule has 0 atom stereocenters. The molecule has 5 heteroatoms. The number of hydrogen-bond donors (Lipinski definition) is 0. The molecule has 0 rings (SSSR count). The summed E-state index contributed by atoms with van der Waals surface area (Å²) in [6.45, 7) is 0.598. The fourth-order valence-electron chi connectivity index (χ4n) is 0. The highest BCUT2D eigenvalue weighted by Crippen LogP contribution is 2.49. The largest absolute Gasteiger partial charge is 0.468 e. The van der Waals surface area contributed by atoms with E-state index in [1.54, 1.807) is 0 Å². The van der Waals surface area contributed by atoms with Gasteiger partial charge in [-0.05, 0) is 0 Å². The first-order valence-corrected chi connectivity index (χ1v) is 2.94. The summed E-state index contributed by atoms with van der Waals surface area (Å²) in [6, 6.07) is 0. The van der Waals surface area contributed by atoms with Gasteiger partial charge in [-0.3, -0.25) is 4.79 Å². The Balaban J connectivity index is 4.09. The van der Waals surface area contributed by atoms with E-state index in [4.69, 9.17) is 0 Å². The van der Waals surface area contributed by atoms with E-state index in [2.05, 4.69) is 0 Å². The summed E-state index contributed by atoms with van der Waals surface area (Å²) in [5.41, 5.74) is -1.53. The average Bonchev–Trinajstić information content (AvgIpc) is 1.31. The van der Waals surface area contributed by atoms with Crippen LogP contribution in [0.2, 0.25) is 0 Å². The zero-order valence-corrected chi connectivity index (χ0v) is 4.41. The molecule has 0 heterocycles. The Kier molecular flexibility index (Phi) is 1.64. The predicted molar refractivity (Wildman–Crippen MR) is 20.5 cm³/mol. The first kappa shape index (κ1) is 6.76. The minimum atomic E-state index is -5.38. The Bertz CT molecular complexity index is 126. The lowest BCUT2D eigenvalue weighted by Gasteiger charge is -1.84. The summed E-state index contributed by atoms with van der Waals surface area (Å²) in [7, 11) is -5.38. The number of rotatable bonds is 1. The van der Waals surface area contributed by atoms with E-state index in [0.29, 0.717) is 6.92 Å². The molecule has 0 saturated heterocycles. The smallest absolute Gasteiger partial charge is 0.285 e. The van der Waals surface area contributed by atoms with Crippen LogP contribution in [0.5, 0.6) is 0 Å². The van der Waals surface area contributed by atoms with Gasteiger partial charge in [-0.15, -0.1) is 8.39 Å². The van der Waals surface area contributed by atoms with Crippen molar-refractivity contribution in [3.05, 3.63) is 0 Å². The van der Waals surface area contributed by atoms with Crippen LogP contribution in [0.15, 0.2) is 0 Å². The summed E-state index contributed by atoms with van der Waals surface area (Å²) in [5.74, 6) is 0. The molecule has 0 bridgehead atoms. The van der Waals surface area contributed by atoms with Crippen LogP contribution in [0.25, 0.3) is 0 Å². The Labute approximate surface area is 39.1 Å². The fraction of sp³-hybridized carbons (Fsp3) is 0.500. The minimum absolute atomic E-state index is 0.598. The van der Waals surface area contributed by atoms with Gasteiger partial charge >= 0.3 is 7.76 Å². The summed E-state index contributed by atoms with van der Waals surface area (Å²) in [6.07, 6.45) is 0. The van der Waals surface area contributed by atoms with E-state index < -0.39 is 13.3 Å². The Hall–Kier alpha value is -0.240. The van der Waals surface area contributed by atoms with Gasteiger partial charge in [0.1, 0.15) is 0 Å². The van der Waals surface area contributed by atoms with Gasteiger partial charge in [-0.2, -0.15) is 0 Å². The standard InChI is InChI=1S/C2H3F2O2P/c1-2(5)7(3,4)6/h1H3. The van der Waals surface area contributed by atoms with E-state index in [1.807, 2.05) is 0 Å². The molecule has 2 nitrogen and oxygen atoms in total. The van der Waals surface area contributed by atoms with Crippen molar-refractivity contribution >= 4 is 13.3 Å². The molecule has 0 aliphatic carbocycles. The third-order valence-corrected chi connectivity index (χ3v) is 1.10. The van der Waals surface area contributed by atoms with E-state index in [-0.39, 0.29) is 0 Å². The SMILES string of the molecule is CC(=O)P(=O)(F)F. The maximum atomic E-state index is 11.1. The summed E-state index contributed by atoms with van der Waals surface area (Å²) in [4.78, 5) is 9.45. The van der Waals surface area contributed by atoms with Crippen molar-refractivity contribution in [1.29, 1.82) is 0 Å². The first-order valence-electron chi connectivity index (χ1n) is 1.45. The van der Waals surface area contributed by atoms with Crippen LogP contribution < -0.4 is 0 Å². The highest BCUT2D eigenvalue weighted by Gasteiger charge is 2.25. The average molecular weight is 128 g/mol. The third kappa shape index (κ3) is 2.45. The molecule has 0 aliphatic rings. The molecule has 0 aromatic carbocycles.